The fraction of sp³-hybridized carbons (Fsp3) is 0.654. The van der Waals surface area contributed by atoms with E-state index in [0.29, 0.717) is 24.2 Å². The van der Waals surface area contributed by atoms with E-state index in [1.165, 1.54) is 41.5 Å². The van der Waals surface area contributed by atoms with Gasteiger partial charge >= 0.3 is 5.97 Å². The number of fused-ring (bicyclic) bond motifs is 1. The summed E-state index contributed by atoms with van der Waals surface area (Å²) in [6.07, 6.45) is 10.8. The Labute approximate surface area is 172 Å². The summed E-state index contributed by atoms with van der Waals surface area (Å²) in [6.45, 7) is 13.3. The van der Waals surface area contributed by atoms with E-state index in [2.05, 4.69) is 59.8 Å². The molecule has 0 N–H and O–H groups in total. The molecule has 156 valence electrons. The molecule has 2 rings (SSSR count). The Morgan fingerprint density at radius 2 is 2.00 bits per heavy atom. The molecule has 1 aliphatic rings. The first kappa shape index (κ1) is 22.7. The van der Waals surface area contributed by atoms with Crippen molar-refractivity contribution in [1.29, 1.82) is 0 Å². The monoisotopic (exact) mass is 384 g/mol. The third kappa shape index (κ3) is 6.22. The summed E-state index contributed by atoms with van der Waals surface area (Å²) in [6, 6.07) is 4.42. The molecule has 0 aliphatic heterocycles. The number of ether oxygens (including phenoxy) is 1. The molecule has 0 amide bonds. The quantitative estimate of drug-likeness (QED) is 0.187. The van der Waals surface area contributed by atoms with Crippen molar-refractivity contribution < 1.29 is 9.53 Å². The van der Waals surface area contributed by atoms with Crippen LogP contribution in [0.3, 0.4) is 0 Å². The van der Waals surface area contributed by atoms with E-state index >= 15 is 0 Å². The lowest BCUT2D eigenvalue weighted by Crippen LogP contribution is -2.21. The summed E-state index contributed by atoms with van der Waals surface area (Å²) in [4.78, 5) is 12.4. The second kappa shape index (κ2) is 10.8. The van der Waals surface area contributed by atoms with Crippen molar-refractivity contribution in [3.8, 4) is 5.75 Å². The van der Waals surface area contributed by atoms with Crippen molar-refractivity contribution in [2.24, 2.45) is 5.92 Å². The molecule has 0 saturated heterocycles. The maximum atomic E-state index is 12.4. The number of rotatable bonds is 9. The molecule has 28 heavy (non-hydrogen) atoms. The number of hydrogen-bond donors (Lipinski definition) is 0. The van der Waals surface area contributed by atoms with Gasteiger partial charge in [0.2, 0.25) is 0 Å². The molecule has 1 unspecified atom stereocenters. The van der Waals surface area contributed by atoms with Gasteiger partial charge in [-0.1, -0.05) is 51.3 Å². The average molecular weight is 385 g/mol. The molecule has 1 aromatic rings. The maximum absolute atomic E-state index is 12.4. The van der Waals surface area contributed by atoms with Crippen LogP contribution in [0.5, 0.6) is 5.75 Å². The number of carbonyl (C=O) groups is 1. The van der Waals surface area contributed by atoms with Gasteiger partial charge < -0.3 is 4.74 Å². The minimum absolute atomic E-state index is 0.0767. The molecule has 2 heteroatoms. The highest BCUT2D eigenvalue weighted by atomic mass is 16.5. The molecule has 3 atom stereocenters. The number of carbonyl (C=O) groups excluding carboxylic acids is 1. The number of unbranched alkanes of at least 4 members (excludes halogenated alkanes) is 2. The van der Waals surface area contributed by atoms with Gasteiger partial charge in [-0.2, -0.15) is 0 Å². The Kier molecular flexibility index (Phi) is 8.79. The van der Waals surface area contributed by atoms with E-state index < -0.39 is 0 Å². The average Bonchev–Trinajstić information content (AvgIpc) is 2.61. The predicted octanol–water partition coefficient (Wildman–Crippen LogP) is 7.84. The number of aryl methyl sites for hydroxylation is 1. The molecular weight excluding hydrogens is 344 g/mol. The van der Waals surface area contributed by atoms with Crippen LogP contribution in [0.25, 0.3) is 0 Å². The van der Waals surface area contributed by atoms with Gasteiger partial charge in [-0.15, -0.1) is 0 Å². The van der Waals surface area contributed by atoms with Gasteiger partial charge in [0, 0.05) is 12.0 Å². The second-order valence-corrected chi connectivity index (χ2v) is 9.12. The molecule has 0 fully saturated rings. The van der Waals surface area contributed by atoms with Crippen LogP contribution in [0, 0.1) is 12.8 Å². The van der Waals surface area contributed by atoms with Crippen LogP contribution >= 0.6 is 0 Å². The molecule has 0 heterocycles. The third-order valence-electron chi connectivity index (χ3n) is 6.19. The zero-order chi connectivity index (χ0) is 20.7. The molecule has 1 aliphatic carbocycles. The van der Waals surface area contributed by atoms with E-state index in [9.17, 15) is 4.79 Å². The standard InChI is InChI=1S/C26H40O2/c1-7-8-9-13-25(27)28-24-17-19(4)16-23-22(15-14-21(6)26(23)24)20(5)12-10-11-18(2)3/h11,16-17,20-22H,7-10,12-15H2,1-6H3/t20-,21+,22?/m0/s1. The van der Waals surface area contributed by atoms with E-state index in [1.807, 2.05) is 0 Å². The Morgan fingerprint density at radius 3 is 2.68 bits per heavy atom. The summed E-state index contributed by atoms with van der Waals surface area (Å²) in [5, 5.41) is 0. The summed E-state index contributed by atoms with van der Waals surface area (Å²) >= 11 is 0. The van der Waals surface area contributed by atoms with Gasteiger partial charge in [0.05, 0.1) is 0 Å². The lowest BCUT2D eigenvalue weighted by Gasteiger charge is -2.35. The maximum Gasteiger partial charge on any atom is 0.311 e. The van der Waals surface area contributed by atoms with Gasteiger partial charge in [0.15, 0.2) is 0 Å². The smallest absolute Gasteiger partial charge is 0.311 e. The van der Waals surface area contributed by atoms with Crippen molar-refractivity contribution >= 4 is 5.97 Å². The van der Waals surface area contributed by atoms with Crippen molar-refractivity contribution in [2.45, 2.75) is 105 Å². The molecule has 0 bridgehead atoms. The molecular formula is C26H40O2. The van der Waals surface area contributed by atoms with Gasteiger partial charge in [-0.05, 0) is 87.8 Å². The van der Waals surface area contributed by atoms with Crippen molar-refractivity contribution in [1.82, 2.24) is 0 Å². The molecule has 0 radical (unpaired) electrons. The predicted molar refractivity (Wildman–Crippen MR) is 119 cm³/mol. The Bertz CT molecular complexity index is 682. The van der Waals surface area contributed by atoms with Gasteiger partial charge in [0.25, 0.3) is 0 Å². The minimum atomic E-state index is -0.0767. The first-order valence-corrected chi connectivity index (χ1v) is 11.3. The van der Waals surface area contributed by atoms with E-state index in [4.69, 9.17) is 4.74 Å². The highest BCUT2D eigenvalue weighted by Gasteiger charge is 2.31. The molecule has 0 aromatic heterocycles. The third-order valence-corrected chi connectivity index (χ3v) is 6.19. The van der Waals surface area contributed by atoms with E-state index in [0.717, 1.165) is 31.4 Å². The van der Waals surface area contributed by atoms with Crippen LogP contribution in [0.2, 0.25) is 0 Å². The number of hydrogen-bond acceptors (Lipinski definition) is 2. The highest BCUT2D eigenvalue weighted by molar-refractivity contribution is 5.73. The lowest BCUT2D eigenvalue weighted by molar-refractivity contribution is -0.134. The Balaban J connectivity index is 2.23. The normalized spacial score (nSPS) is 19.6. The van der Waals surface area contributed by atoms with Crippen LogP contribution in [0.15, 0.2) is 23.8 Å². The van der Waals surface area contributed by atoms with Crippen LogP contribution in [-0.2, 0) is 4.79 Å². The van der Waals surface area contributed by atoms with Crippen molar-refractivity contribution in [3.63, 3.8) is 0 Å². The van der Waals surface area contributed by atoms with Gasteiger partial charge in [-0.3, -0.25) is 4.79 Å². The molecule has 1 aromatic carbocycles. The second-order valence-electron chi connectivity index (χ2n) is 9.12. The minimum Gasteiger partial charge on any atom is -0.426 e. The SMILES string of the molecule is CCCCCC(=O)Oc1cc(C)cc2c1[C@H](C)CCC2[C@@H](C)CCC=C(C)C. The van der Waals surface area contributed by atoms with Gasteiger partial charge in [-0.25, -0.2) is 0 Å². The fourth-order valence-corrected chi connectivity index (χ4v) is 4.56. The molecule has 0 spiro atoms. The molecule has 0 saturated carbocycles. The topological polar surface area (TPSA) is 26.3 Å². The van der Waals surface area contributed by atoms with E-state index in [1.54, 1.807) is 0 Å². The highest BCUT2D eigenvalue weighted by Crippen LogP contribution is 2.47. The Morgan fingerprint density at radius 1 is 1.25 bits per heavy atom. The Hall–Kier alpha value is -1.57. The van der Waals surface area contributed by atoms with Crippen molar-refractivity contribution in [2.75, 3.05) is 0 Å². The lowest BCUT2D eigenvalue weighted by atomic mass is 9.71. The number of benzene rings is 1. The van der Waals surface area contributed by atoms with Crippen LogP contribution in [0.1, 0.15) is 115 Å². The molecule has 2 nitrogen and oxygen atoms in total. The zero-order valence-electron chi connectivity index (χ0n) is 18.9. The summed E-state index contributed by atoms with van der Waals surface area (Å²) < 4.78 is 5.90. The van der Waals surface area contributed by atoms with Gasteiger partial charge in [0.1, 0.15) is 5.75 Å². The van der Waals surface area contributed by atoms with Crippen LogP contribution in [-0.4, -0.2) is 5.97 Å². The summed E-state index contributed by atoms with van der Waals surface area (Å²) in [5.74, 6) is 2.40. The van der Waals surface area contributed by atoms with Crippen LogP contribution < -0.4 is 4.74 Å². The van der Waals surface area contributed by atoms with Crippen LogP contribution in [0.4, 0.5) is 0 Å². The fourth-order valence-electron chi connectivity index (χ4n) is 4.56. The largest absolute Gasteiger partial charge is 0.426 e. The summed E-state index contributed by atoms with van der Waals surface area (Å²) in [7, 11) is 0. The summed E-state index contributed by atoms with van der Waals surface area (Å²) in [5.41, 5.74) is 5.32. The first-order chi connectivity index (χ1) is 13.3. The number of esters is 1. The van der Waals surface area contributed by atoms with E-state index in [-0.39, 0.29) is 5.97 Å². The van der Waals surface area contributed by atoms with Crippen molar-refractivity contribution in [3.05, 3.63) is 40.5 Å². The number of allylic oxidation sites excluding steroid dienone is 2. The first-order valence-electron chi connectivity index (χ1n) is 11.3. The zero-order valence-corrected chi connectivity index (χ0v) is 18.9.